The fourth-order valence-electron chi connectivity index (χ4n) is 4.35. The molecule has 1 aliphatic heterocycles. The van der Waals surface area contributed by atoms with Crippen molar-refractivity contribution in [1.29, 1.82) is 0 Å². The quantitative estimate of drug-likeness (QED) is 0.504. The van der Waals surface area contributed by atoms with E-state index in [4.69, 9.17) is 9.94 Å². The van der Waals surface area contributed by atoms with Gasteiger partial charge in [-0.1, -0.05) is 13.8 Å². The molecule has 3 fully saturated rings. The first kappa shape index (κ1) is 9.60. The summed E-state index contributed by atoms with van der Waals surface area (Å²) in [5.41, 5.74) is 1.05. The predicted octanol–water partition coefficient (Wildman–Crippen LogP) is 1.09. The van der Waals surface area contributed by atoms with Crippen LogP contribution in [-0.4, -0.2) is 23.3 Å². The number of hydrogen-bond acceptors (Lipinski definition) is 3. The smallest absolute Gasteiger partial charge is 0.276 e. The molecule has 0 unspecified atom stereocenters. The lowest BCUT2D eigenvalue weighted by atomic mass is 9.66. The third-order valence-corrected chi connectivity index (χ3v) is 5.67. The highest BCUT2D eigenvalue weighted by atomic mass is 16.5. The Labute approximate surface area is 88.9 Å². The topological polar surface area (TPSA) is 58.6 Å². The van der Waals surface area contributed by atoms with E-state index in [2.05, 4.69) is 13.8 Å². The highest BCUT2D eigenvalue weighted by Crippen LogP contribution is 2.74. The van der Waals surface area contributed by atoms with Crippen molar-refractivity contribution in [2.75, 3.05) is 6.61 Å². The number of carbonyl (C=O) groups excluding carboxylic acids is 1. The van der Waals surface area contributed by atoms with Crippen molar-refractivity contribution >= 4 is 5.91 Å². The summed E-state index contributed by atoms with van der Waals surface area (Å²) in [6.45, 7) is 5.02. The van der Waals surface area contributed by atoms with Gasteiger partial charge in [-0.25, -0.2) is 5.48 Å². The van der Waals surface area contributed by atoms with E-state index in [1.807, 2.05) is 0 Å². The van der Waals surface area contributed by atoms with Crippen LogP contribution in [0.15, 0.2) is 0 Å². The summed E-state index contributed by atoms with van der Waals surface area (Å²) in [7, 11) is 0. The van der Waals surface area contributed by atoms with Crippen LogP contribution in [0.5, 0.6) is 0 Å². The van der Waals surface area contributed by atoms with Crippen molar-refractivity contribution in [3.8, 4) is 0 Å². The van der Waals surface area contributed by atoms with Gasteiger partial charge in [-0.2, -0.15) is 0 Å². The van der Waals surface area contributed by atoms with Crippen molar-refractivity contribution in [3.63, 3.8) is 0 Å². The van der Waals surface area contributed by atoms with Crippen LogP contribution in [0.4, 0.5) is 0 Å². The highest BCUT2D eigenvalue weighted by Gasteiger charge is 2.78. The first-order valence-corrected chi connectivity index (χ1v) is 5.59. The molecule has 3 rings (SSSR count). The Kier molecular flexibility index (Phi) is 1.52. The number of carbonyl (C=O) groups is 1. The number of hydroxylamine groups is 1. The summed E-state index contributed by atoms with van der Waals surface area (Å²) >= 11 is 0. The SMILES string of the molecule is C[C@@]12CC[C@H]3C[C@@]1(C(=O)NO)OC[C@]32C. The van der Waals surface area contributed by atoms with E-state index in [-0.39, 0.29) is 16.7 Å². The molecule has 4 nitrogen and oxygen atoms in total. The minimum Gasteiger partial charge on any atom is -0.364 e. The van der Waals surface area contributed by atoms with Crippen molar-refractivity contribution in [2.45, 2.75) is 38.7 Å². The lowest BCUT2D eigenvalue weighted by Crippen LogP contribution is -2.54. The molecule has 15 heavy (non-hydrogen) atoms. The zero-order valence-corrected chi connectivity index (χ0v) is 9.17. The van der Waals surface area contributed by atoms with E-state index in [1.165, 1.54) is 6.42 Å². The molecule has 2 aliphatic carbocycles. The van der Waals surface area contributed by atoms with Crippen LogP contribution in [0.1, 0.15) is 33.1 Å². The van der Waals surface area contributed by atoms with Gasteiger partial charge in [-0.3, -0.25) is 10.0 Å². The molecule has 4 heteroatoms. The van der Waals surface area contributed by atoms with E-state index in [9.17, 15) is 4.79 Å². The van der Waals surface area contributed by atoms with Gasteiger partial charge in [0.25, 0.3) is 5.91 Å². The molecule has 2 N–H and O–H groups in total. The summed E-state index contributed by atoms with van der Waals surface area (Å²) < 4.78 is 5.76. The van der Waals surface area contributed by atoms with Crippen molar-refractivity contribution < 1.29 is 14.7 Å². The molecule has 1 amide bonds. The number of hydrogen-bond donors (Lipinski definition) is 2. The molecule has 0 radical (unpaired) electrons. The minimum absolute atomic E-state index is 0.0997. The van der Waals surface area contributed by atoms with Gasteiger partial charge in [0, 0.05) is 10.8 Å². The molecule has 2 saturated carbocycles. The van der Waals surface area contributed by atoms with Gasteiger partial charge >= 0.3 is 0 Å². The zero-order valence-electron chi connectivity index (χ0n) is 9.17. The Morgan fingerprint density at radius 2 is 2.27 bits per heavy atom. The van der Waals surface area contributed by atoms with Gasteiger partial charge < -0.3 is 4.74 Å². The third kappa shape index (κ3) is 0.712. The maximum Gasteiger partial charge on any atom is 0.276 e. The van der Waals surface area contributed by atoms with Crippen LogP contribution >= 0.6 is 0 Å². The first-order valence-electron chi connectivity index (χ1n) is 5.59. The molecular formula is C11H17NO3. The predicted molar refractivity (Wildman–Crippen MR) is 52.2 cm³/mol. The van der Waals surface area contributed by atoms with Crippen LogP contribution in [0, 0.1) is 16.7 Å². The zero-order chi connectivity index (χ0) is 10.9. The summed E-state index contributed by atoms with van der Waals surface area (Å²) in [4.78, 5) is 11.8. The van der Waals surface area contributed by atoms with E-state index >= 15 is 0 Å². The van der Waals surface area contributed by atoms with E-state index < -0.39 is 5.60 Å². The van der Waals surface area contributed by atoms with Gasteiger partial charge in [0.15, 0.2) is 5.60 Å². The minimum atomic E-state index is -0.764. The molecule has 0 aromatic heterocycles. The Bertz CT molecular complexity index is 345. The van der Waals surface area contributed by atoms with E-state index in [1.54, 1.807) is 5.48 Å². The van der Waals surface area contributed by atoms with E-state index in [0.29, 0.717) is 12.5 Å². The third-order valence-electron chi connectivity index (χ3n) is 5.67. The molecular weight excluding hydrogens is 194 g/mol. The molecule has 84 valence electrons. The molecule has 1 heterocycles. The van der Waals surface area contributed by atoms with Gasteiger partial charge in [-0.15, -0.1) is 0 Å². The standard InChI is InChI=1S/C11H17NO3/c1-9-6-15-11(8(13)12-14)5-7(9)3-4-10(9,11)2/h7,14H,3-6H2,1-2H3,(H,12,13)/t7-,9+,10-,11-/m0/s1. The normalized spacial score (nSPS) is 56.1. The Hall–Kier alpha value is -0.610. The Morgan fingerprint density at radius 1 is 1.53 bits per heavy atom. The monoisotopic (exact) mass is 211 g/mol. The van der Waals surface area contributed by atoms with Gasteiger partial charge in [0.1, 0.15) is 0 Å². The summed E-state index contributed by atoms with van der Waals surface area (Å²) in [5.74, 6) is 0.226. The maximum atomic E-state index is 11.8. The molecule has 0 aromatic carbocycles. The fraction of sp³-hybridized carbons (Fsp3) is 0.909. The first-order chi connectivity index (χ1) is 7.00. The molecule has 0 aromatic rings. The van der Waals surface area contributed by atoms with Crippen LogP contribution in [0.25, 0.3) is 0 Å². The van der Waals surface area contributed by atoms with Crippen molar-refractivity contribution in [2.24, 2.45) is 16.7 Å². The second kappa shape index (κ2) is 2.38. The number of amides is 1. The van der Waals surface area contributed by atoms with Gasteiger partial charge in [0.05, 0.1) is 6.61 Å². The van der Waals surface area contributed by atoms with Gasteiger partial charge in [0.2, 0.25) is 0 Å². The molecule has 4 atom stereocenters. The Morgan fingerprint density at radius 3 is 2.80 bits per heavy atom. The second-order valence-corrected chi connectivity index (χ2v) is 5.75. The van der Waals surface area contributed by atoms with Crippen molar-refractivity contribution in [3.05, 3.63) is 0 Å². The lowest BCUT2D eigenvalue weighted by Gasteiger charge is -2.39. The van der Waals surface area contributed by atoms with Crippen LogP contribution in [0.3, 0.4) is 0 Å². The lowest BCUT2D eigenvalue weighted by molar-refractivity contribution is -0.164. The summed E-state index contributed by atoms with van der Waals surface area (Å²) in [6.07, 6.45) is 2.99. The van der Waals surface area contributed by atoms with Crippen molar-refractivity contribution in [1.82, 2.24) is 5.48 Å². The summed E-state index contributed by atoms with van der Waals surface area (Å²) in [5, 5.41) is 8.86. The van der Waals surface area contributed by atoms with Crippen LogP contribution < -0.4 is 5.48 Å². The number of rotatable bonds is 1. The maximum absolute atomic E-state index is 11.8. The van der Waals surface area contributed by atoms with Crippen LogP contribution in [0.2, 0.25) is 0 Å². The molecule has 1 saturated heterocycles. The average molecular weight is 211 g/mol. The average Bonchev–Trinajstić information content (AvgIpc) is 2.70. The fourth-order valence-corrected chi connectivity index (χ4v) is 4.35. The molecule has 0 spiro atoms. The second-order valence-electron chi connectivity index (χ2n) is 5.75. The number of ether oxygens (including phenoxy) is 1. The van der Waals surface area contributed by atoms with E-state index in [0.717, 1.165) is 12.8 Å². The van der Waals surface area contributed by atoms with Crippen LogP contribution in [-0.2, 0) is 9.53 Å². The molecule has 3 aliphatic rings. The van der Waals surface area contributed by atoms with Gasteiger partial charge in [-0.05, 0) is 25.2 Å². The molecule has 4 bridgehead atoms. The highest BCUT2D eigenvalue weighted by molar-refractivity contribution is 5.87. The summed E-state index contributed by atoms with van der Waals surface area (Å²) in [6, 6.07) is 0. The Balaban J connectivity index is 2.12. The largest absolute Gasteiger partial charge is 0.364 e. The number of nitrogens with one attached hydrogen (secondary N) is 1.